The van der Waals surface area contributed by atoms with Crippen molar-refractivity contribution in [3.8, 4) is 0 Å². The summed E-state index contributed by atoms with van der Waals surface area (Å²) in [6.07, 6.45) is 0. The van der Waals surface area contributed by atoms with Gasteiger partial charge in [-0.3, -0.25) is 4.68 Å². The molecule has 0 saturated carbocycles. The molecule has 0 atom stereocenters. The van der Waals surface area contributed by atoms with Crippen LogP contribution in [0.5, 0.6) is 0 Å². The number of nitrogens with zero attached hydrogens (tertiary/aromatic N) is 3. The van der Waals surface area contributed by atoms with Gasteiger partial charge in [-0.05, 0) is 33.2 Å². The molecule has 0 aromatic carbocycles. The van der Waals surface area contributed by atoms with Crippen LogP contribution in [-0.4, -0.2) is 40.6 Å². The van der Waals surface area contributed by atoms with Gasteiger partial charge in [-0.15, -0.1) is 0 Å². The van der Waals surface area contributed by atoms with Gasteiger partial charge in [-0.2, -0.15) is 5.10 Å². The number of anilines is 1. The molecule has 5 nitrogen and oxygen atoms in total. The van der Waals surface area contributed by atoms with Crippen molar-refractivity contribution in [1.82, 2.24) is 15.1 Å². The van der Waals surface area contributed by atoms with E-state index in [1.807, 2.05) is 18.7 Å². The number of hydrogen-bond acceptors (Lipinski definition) is 4. The number of aromatic nitrogens is 2. The summed E-state index contributed by atoms with van der Waals surface area (Å²) in [5.41, 5.74) is 2.29. The Kier molecular flexibility index (Phi) is 6.49. The molecule has 1 rings (SSSR count). The second-order valence-electron chi connectivity index (χ2n) is 6.05. The van der Waals surface area contributed by atoms with E-state index in [4.69, 9.17) is 0 Å². The third-order valence-electron chi connectivity index (χ3n) is 3.40. The summed E-state index contributed by atoms with van der Waals surface area (Å²) >= 11 is 0. The van der Waals surface area contributed by atoms with E-state index in [0.29, 0.717) is 18.5 Å². The first-order valence-corrected chi connectivity index (χ1v) is 7.49. The molecule has 0 spiro atoms. The second-order valence-corrected chi connectivity index (χ2v) is 6.05. The lowest BCUT2D eigenvalue weighted by Gasteiger charge is -2.29. The molecule has 0 aliphatic carbocycles. The minimum atomic E-state index is 0.154. The zero-order valence-corrected chi connectivity index (χ0v) is 13.8. The van der Waals surface area contributed by atoms with Crippen LogP contribution in [0.2, 0.25) is 0 Å². The molecule has 1 aromatic heterocycles. The van der Waals surface area contributed by atoms with E-state index in [0.717, 1.165) is 24.6 Å². The summed E-state index contributed by atoms with van der Waals surface area (Å²) in [5.74, 6) is 1.75. The maximum atomic E-state index is 9.30. The van der Waals surface area contributed by atoms with Gasteiger partial charge >= 0.3 is 0 Å². The van der Waals surface area contributed by atoms with E-state index < -0.39 is 0 Å². The van der Waals surface area contributed by atoms with Crippen molar-refractivity contribution in [2.75, 3.05) is 24.6 Å². The molecule has 0 bridgehead atoms. The van der Waals surface area contributed by atoms with E-state index in [9.17, 15) is 5.11 Å². The van der Waals surface area contributed by atoms with Gasteiger partial charge in [0.15, 0.2) is 0 Å². The monoisotopic (exact) mass is 282 g/mol. The molecule has 1 aromatic rings. The number of aliphatic hydroxyl groups is 1. The molecular formula is C15H30N4O. The molecule has 0 saturated heterocycles. The SMILES string of the molecule is Cc1nn(C)c(N(CCO)C(C)C)c1CNCC(C)C. The summed E-state index contributed by atoms with van der Waals surface area (Å²) in [6, 6.07) is 0.334. The maximum Gasteiger partial charge on any atom is 0.131 e. The summed E-state index contributed by atoms with van der Waals surface area (Å²) < 4.78 is 1.93. The fraction of sp³-hybridized carbons (Fsp3) is 0.800. The molecular weight excluding hydrogens is 252 g/mol. The Hall–Kier alpha value is -1.07. The van der Waals surface area contributed by atoms with Gasteiger partial charge < -0.3 is 15.3 Å². The number of aryl methyl sites for hydroxylation is 2. The van der Waals surface area contributed by atoms with Crippen LogP contribution < -0.4 is 10.2 Å². The van der Waals surface area contributed by atoms with Crippen molar-refractivity contribution in [2.45, 2.75) is 47.2 Å². The fourth-order valence-corrected chi connectivity index (χ4v) is 2.46. The molecule has 1 heterocycles. The van der Waals surface area contributed by atoms with Crippen molar-refractivity contribution in [1.29, 1.82) is 0 Å². The van der Waals surface area contributed by atoms with Crippen molar-refractivity contribution < 1.29 is 5.11 Å². The van der Waals surface area contributed by atoms with E-state index in [1.54, 1.807) is 0 Å². The summed E-state index contributed by atoms with van der Waals surface area (Å²) in [4.78, 5) is 2.21. The third kappa shape index (κ3) is 4.21. The van der Waals surface area contributed by atoms with Gasteiger partial charge in [0.05, 0.1) is 12.3 Å². The predicted molar refractivity (Wildman–Crippen MR) is 84.1 cm³/mol. The summed E-state index contributed by atoms with van der Waals surface area (Å²) in [6.45, 7) is 13.3. The first-order valence-electron chi connectivity index (χ1n) is 7.49. The molecule has 0 amide bonds. The van der Waals surface area contributed by atoms with Crippen molar-refractivity contribution in [2.24, 2.45) is 13.0 Å². The minimum Gasteiger partial charge on any atom is -0.395 e. The molecule has 0 aliphatic rings. The van der Waals surface area contributed by atoms with Crippen molar-refractivity contribution >= 4 is 5.82 Å². The van der Waals surface area contributed by atoms with Gasteiger partial charge in [0.2, 0.25) is 0 Å². The van der Waals surface area contributed by atoms with Crippen LogP contribution in [0.1, 0.15) is 39.0 Å². The highest BCUT2D eigenvalue weighted by Gasteiger charge is 2.20. The molecule has 0 unspecified atom stereocenters. The third-order valence-corrected chi connectivity index (χ3v) is 3.40. The molecule has 5 heteroatoms. The Morgan fingerprint density at radius 3 is 2.45 bits per heavy atom. The van der Waals surface area contributed by atoms with Crippen molar-refractivity contribution in [3.63, 3.8) is 0 Å². The lowest BCUT2D eigenvalue weighted by atomic mass is 10.2. The highest BCUT2D eigenvalue weighted by molar-refractivity contribution is 5.51. The molecule has 0 fully saturated rings. The van der Waals surface area contributed by atoms with Gasteiger partial charge in [0.1, 0.15) is 5.82 Å². The van der Waals surface area contributed by atoms with Crippen LogP contribution in [0.25, 0.3) is 0 Å². The quantitative estimate of drug-likeness (QED) is 0.762. The number of hydrogen-bond donors (Lipinski definition) is 2. The Labute approximate surface area is 123 Å². The van der Waals surface area contributed by atoms with E-state index in [1.165, 1.54) is 5.56 Å². The first-order chi connectivity index (χ1) is 9.38. The fourth-order valence-electron chi connectivity index (χ4n) is 2.46. The zero-order valence-electron chi connectivity index (χ0n) is 13.8. The normalized spacial score (nSPS) is 11.7. The Morgan fingerprint density at radius 1 is 1.30 bits per heavy atom. The number of rotatable bonds is 8. The standard InChI is InChI=1S/C15H30N4O/c1-11(2)9-16-10-14-13(5)17-18(6)15(14)19(7-8-20)12(3)4/h11-12,16,20H,7-10H2,1-6H3. The Balaban J connectivity index is 2.98. The van der Waals surface area contributed by atoms with E-state index in [2.05, 4.69) is 43.0 Å². The van der Waals surface area contributed by atoms with Gasteiger partial charge in [0, 0.05) is 31.7 Å². The molecule has 20 heavy (non-hydrogen) atoms. The first kappa shape index (κ1) is 17.0. The van der Waals surface area contributed by atoms with Crippen molar-refractivity contribution in [3.05, 3.63) is 11.3 Å². The highest BCUT2D eigenvalue weighted by atomic mass is 16.3. The molecule has 116 valence electrons. The molecule has 2 N–H and O–H groups in total. The summed E-state index contributed by atoms with van der Waals surface area (Å²) in [7, 11) is 1.97. The van der Waals surface area contributed by atoms with Crippen LogP contribution in [0.3, 0.4) is 0 Å². The van der Waals surface area contributed by atoms with Crippen LogP contribution in [0, 0.1) is 12.8 Å². The largest absolute Gasteiger partial charge is 0.395 e. The lowest BCUT2D eigenvalue weighted by Crippen LogP contribution is -2.36. The Bertz CT molecular complexity index is 412. The predicted octanol–water partition coefficient (Wildman–Crippen LogP) is 1.68. The summed E-state index contributed by atoms with van der Waals surface area (Å²) in [5, 5.41) is 17.3. The van der Waals surface area contributed by atoms with Crippen LogP contribution in [0.15, 0.2) is 0 Å². The topological polar surface area (TPSA) is 53.3 Å². The number of nitrogens with one attached hydrogen (secondary N) is 1. The second kappa shape index (κ2) is 7.64. The van der Waals surface area contributed by atoms with E-state index >= 15 is 0 Å². The molecule has 0 radical (unpaired) electrons. The van der Waals surface area contributed by atoms with Crippen LogP contribution in [-0.2, 0) is 13.6 Å². The van der Waals surface area contributed by atoms with Gasteiger partial charge in [-0.25, -0.2) is 0 Å². The average molecular weight is 282 g/mol. The zero-order chi connectivity index (χ0) is 15.3. The smallest absolute Gasteiger partial charge is 0.131 e. The van der Waals surface area contributed by atoms with Gasteiger partial charge in [-0.1, -0.05) is 13.8 Å². The maximum absolute atomic E-state index is 9.30. The van der Waals surface area contributed by atoms with Crippen LogP contribution >= 0.6 is 0 Å². The van der Waals surface area contributed by atoms with Crippen LogP contribution in [0.4, 0.5) is 5.82 Å². The minimum absolute atomic E-state index is 0.154. The number of aliphatic hydroxyl groups excluding tert-OH is 1. The average Bonchev–Trinajstić information content (AvgIpc) is 2.61. The highest BCUT2D eigenvalue weighted by Crippen LogP contribution is 2.24. The Morgan fingerprint density at radius 2 is 1.95 bits per heavy atom. The molecule has 0 aliphatic heterocycles. The lowest BCUT2D eigenvalue weighted by molar-refractivity contribution is 0.298. The van der Waals surface area contributed by atoms with Gasteiger partial charge in [0.25, 0.3) is 0 Å². The van der Waals surface area contributed by atoms with E-state index in [-0.39, 0.29) is 6.61 Å².